The summed E-state index contributed by atoms with van der Waals surface area (Å²) in [5.41, 5.74) is 24.5. The first-order valence-corrected chi connectivity index (χ1v) is 30.2. The van der Waals surface area contributed by atoms with Gasteiger partial charge in [-0.3, -0.25) is 19.4 Å². The van der Waals surface area contributed by atoms with Gasteiger partial charge in [-0.15, -0.1) is 28.5 Å². The number of urea groups is 1. The Labute approximate surface area is 522 Å². The highest BCUT2D eigenvalue weighted by atomic mass is 35.5. The van der Waals surface area contributed by atoms with Gasteiger partial charge < -0.3 is 37.1 Å². The minimum absolute atomic E-state index is 0. The molecule has 0 aliphatic carbocycles. The number of nitrogens with zero attached hydrogens (tertiary/aromatic N) is 4. The molecule has 12 rings (SSSR count). The first kappa shape index (κ1) is 63.8. The molecule has 7 N–H and O–H groups in total. The first-order valence-electron chi connectivity index (χ1n) is 28.8. The predicted octanol–water partition coefficient (Wildman–Crippen LogP) is 15.0. The van der Waals surface area contributed by atoms with Gasteiger partial charge in [0.15, 0.2) is 0 Å². The van der Waals surface area contributed by atoms with Gasteiger partial charge in [0.05, 0.1) is 16.7 Å². The summed E-state index contributed by atoms with van der Waals surface area (Å²) in [4.78, 5) is 43.7. The molecule has 4 fully saturated rings. The SMILES string of the molecule is Cc1ccc(-c2ccccc2)cc1N.ClCCl.N#COc1ccc(C(=O)Cl)cc1.Nc1ccc(-c2ccccc2)cc1NC(=O)c1ccc(NC(=O)N2CCC3(CCN(Cc4ccccc4)C3)C2)cc1.[2HH].c1ccc(CN2CCC3(CCNC3)C2)cc1. The Morgan fingerprint density at radius 3 is 1.64 bits per heavy atom. The van der Waals surface area contributed by atoms with E-state index in [0.29, 0.717) is 39.4 Å². The van der Waals surface area contributed by atoms with Crippen molar-refractivity contribution in [2.24, 2.45) is 10.8 Å². The van der Waals surface area contributed by atoms with Gasteiger partial charge in [-0.1, -0.05) is 140 Å². The number of anilines is 4. The van der Waals surface area contributed by atoms with Crippen LogP contribution >= 0.6 is 34.8 Å². The van der Waals surface area contributed by atoms with Crippen LogP contribution in [0.3, 0.4) is 0 Å². The third kappa shape index (κ3) is 18.7. The summed E-state index contributed by atoms with van der Waals surface area (Å²) in [6, 6.07) is 66.2. The van der Waals surface area contributed by atoms with Gasteiger partial charge >= 0.3 is 6.03 Å². The highest BCUT2D eigenvalue weighted by molar-refractivity contribution is 6.67. The van der Waals surface area contributed by atoms with Crippen LogP contribution in [0.4, 0.5) is 27.5 Å². The van der Waals surface area contributed by atoms with E-state index < -0.39 is 5.24 Å². The van der Waals surface area contributed by atoms with E-state index in [0.717, 1.165) is 74.5 Å². The summed E-state index contributed by atoms with van der Waals surface area (Å²) >= 11 is 14.7. The van der Waals surface area contributed by atoms with Crippen LogP contribution in [0.1, 0.15) is 64.5 Å². The number of likely N-dealkylation sites (tertiary alicyclic amines) is 3. The lowest BCUT2D eigenvalue weighted by atomic mass is 9.86. The molecule has 8 aromatic carbocycles. The maximum atomic E-state index is 13.1. The lowest BCUT2D eigenvalue weighted by Crippen LogP contribution is -2.36. The highest BCUT2D eigenvalue weighted by Crippen LogP contribution is 2.41. The third-order valence-corrected chi connectivity index (χ3v) is 16.2. The van der Waals surface area contributed by atoms with Crippen LogP contribution in [0.25, 0.3) is 22.3 Å². The van der Waals surface area contributed by atoms with Crippen LogP contribution < -0.4 is 32.2 Å². The van der Waals surface area contributed by atoms with E-state index in [1.165, 1.54) is 91.8 Å². The number of aryl methyl sites for hydroxylation is 1. The number of amides is 3. The summed E-state index contributed by atoms with van der Waals surface area (Å²) < 4.78 is 4.49. The Kier molecular flexibility index (Phi) is 23.6. The quantitative estimate of drug-likeness (QED) is 0.0362. The number of hydrogen-bond donors (Lipinski definition) is 5. The molecule has 0 bridgehead atoms. The molecule has 2 atom stereocenters. The fourth-order valence-electron chi connectivity index (χ4n) is 11.3. The third-order valence-electron chi connectivity index (χ3n) is 16.0. The van der Waals surface area contributed by atoms with Crippen LogP contribution in [0, 0.1) is 29.3 Å². The predicted molar refractivity (Wildman–Crippen MR) is 353 cm³/mol. The minimum atomic E-state index is -0.529. The average molecular weight is 1210 g/mol. The van der Waals surface area contributed by atoms with Gasteiger partial charge in [0, 0.05) is 75.2 Å². The van der Waals surface area contributed by atoms with Crippen molar-refractivity contribution < 1.29 is 20.5 Å². The molecule has 2 unspecified atom stereocenters. The second kappa shape index (κ2) is 31.8. The Balaban J connectivity index is 0.000000191. The van der Waals surface area contributed by atoms with Crippen LogP contribution in [0.5, 0.6) is 5.75 Å². The van der Waals surface area contributed by atoms with Crippen molar-refractivity contribution in [2.75, 3.05) is 79.8 Å². The Morgan fingerprint density at radius 2 is 1.10 bits per heavy atom. The molecular formula is C70H76Cl3N9O4. The molecule has 0 aromatic heterocycles. The van der Waals surface area contributed by atoms with Crippen molar-refractivity contribution >= 4 is 74.7 Å². The summed E-state index contributed by atoms with van der Waals surface area (Å²) in [6.45, 7) is 12.7. The van der Waals surface area contributed by atoms with Crippen LogP contribution in [0.2, 0.25) is 0 Å². The van der Waals surface area contributed by atoms with E-state index in [1.54, 1.807) is 30.3 Å². The first-order chi connectivity index (χ1) is 41.7. The van der Waals surface area contributed by atoms with E-state index in [4.69, 9.17) is 51.5 Å². The second-order valence-corrected chi connectivity index (χ2v) is 23.3. The second-order valence-electron chi connectivity index (χ2n) is 22.2. The highest BCUT2D eigenvalue weighted by Gasteiger charge is 2.45. The molecule has 0 saturated carbocycles. The number of carbonyl (C=O) groups is 3. The molecule has 4 aliphatic rings. The van der Waals surface area contributed by atoms with Gasteiger partial charge in [-0.25, -0.2) is 4.79 Å². The maximum absolute atomic E-state index is 13.1. The molecule has 4 heterocycles. The maximum Gasteiger partial charge on any atom is 0.321 e. The number of nitrogens with two attached hydrogens (primary N) is 2. The normalized spacial score (nSPS) is 17.5. The Morgan fingerprint density at radius 1 is 0.593 bits per heavy atom. The molecule has 4 aliphatic heterocycles. The number of alkyl halides is 2. The molecule has 8 aromatic rings. The Bertz CT molecular complexity index is 3490. The number of hydrogen-bond acceptors (Lipinski definition) is 10. The number of nitriles is 1. The summed E-state index contributed by atoms with van der Waals surface area (Å²) in [6.07, 6.45) is 6.41. The fraction of sp³-hybridized carbons (Fsp3) is 0.257. The van der Waals surface area contributed by atoms with Gasteiger partial charge in [0.2, 0.25) is 0 Å². The number of nitrogen functional groups attached to an aromatic ring is 2. The molecule has 16 heteroatoms. The number of carbonyl (C=O) groups excluding carboxylic acids is 3. The molecule has 13 nitrogen and oxygen atoms in total. The molecule has 2 spiro atoms. The number of rotatable bonds is 11. The molecule has 446 valence electrons. The van der Waals surface area contributed by atoms with E-state index in [9.17, 15) is 14.4 Å². The Hall–Kier alpha value is -8.19. The van der Waals surface area contributed by atoms with E-state index in [2.05, 4.69) is 109 Å². The van der Waals surface area contributed by atoms with Crippen molar-refractivity contribution in [1.29, 1.82) is 5.26 Å². The standard InChI is InChI=1S/C34H35N5O2.C14H20N2.C13H13N.C8H4ClNO2.CH2Cl2.H2/c35-30-16-13-28(26-9-5-2-6-10-26)21-31(30)37-32(40)27-11-14-29(15-12-27)36-33(41)39-20-18-34(24-39)17-19-38(23-34)22-25-7-3-1-4-8-25;1-2-4-13(5-3-1)10-16-9-7-14(12-16)6-8-15-11-14;1-10-7-8-12(9-13(10)14)11-5-3-2-4-6-11;9-8(11)6-1-3-7(4-2-6)12-5-10;2-1-3;/h1-16,21H,17-20,22-24,35H2,(H,36,41)(H,37,40);1-5,15H,6-12H2;2-9H,14H2,1H3;1-4H;1H2;1H/i;;;;;1+1. The van der Waals surface area contributed by atoms with E-state index >= 15 is 0 Å². The summed E-state index contributed by atoms with van der Waals surface area (Å²) in [5.74, 6) is 0.127. The zero-order valence-corrected chi connectivity index (χ0v) is 50.7. The monoisotopic (exact) mass is 1210 g/mol. The smallest absolute Gasteiger partial charge is 0.321 e. The minimum Gasteiger partial charge on any atom is -0.398 e. The topological polar surface area (TPSA) is 182 Å². The van der Waals surface area contributed by atoms with Crippen LogP contribution in [0.15, 0.2) is 206 Å². The van der Waals surface area contributed by atoms with Crippen molar-refractivity contribution in [2.45, 2.75) is 45.7 Å². The zero-order valence-electron chi connectivity index (χ0n) is 48.4. The summed E-state index contributed by atoms with van der Waals surface area (Å²) in [7, 11) is 0. The van der Waals surface area contributed by atoms with Gasteiger partial charge in [0.1, 0.15) is 5.75 Å². The van der Waals surface area contributed by atoms with Gasteiger partial charge in [0.25, 0.3) is 17.4 Å². The number of nitrogens with one attached hydrogen (secondary N) is 3. The molecule has 86 heavy (non-hydrogen) atoms. The van der Waals surface area contributed by atoms with Crippen molar-refractivity contribution in [3.8, 4) is 34.3 Å². The van der Waals surface area contributed by atoms with Crippen molar-refractivity contribution in [1.82, 2.24) is 20.0 Å². The van der Waals surface area contributed by atoms with Crippen LogP contribution in [-0.4, -0.2) is 89.6 Å². The van der Waals surface area contributed by atoms with Gasteiger partial charge in [-0.05, 0) is 175 Å². The lowest BCUT2D eigenvalue weighted by Gasteiger charge is -2.25. The number of benzene rings is 8. The number of halogens is 3. The summed E-state index contributed by atoms with van der Waals surface area (Å²) in [5, 5.41) is 17.2. The molecule has 4 saturated heterocycles. The fourth-order valence-corrected chi connectivity index (χ4v) is 11.5. The van der Waals surface area contributed by atoms with Gasteiger partial charge in [-0.2, -0.15) is 0 Å². The zero-order chi connectivity index (χ0) is 60.7. The molecule has 3 amide bonds. The average Bonchev–Trinajstić information content (AvgIpc) is 2.15. The van der Waals surface area contributed by atoms with E-state index in [-0.39, 0.29) is 24.1 Å². The van der Waals surface area contributed by atoms with Crippen molar-refractivity contribution in [3.63, 3.8) is 0 Å². The van der Waals surface area contributed by atoms with E-state index in [1.807, 2.05) is 84.6 Å². The lowest BCUT2D eigenvalue weighted by molar-refractivity contribution is 0.102. The largest absolute Gasteiger partial charge is 0.398 e. The molecular weight excluding hydrogens is 1140 g/mol. The molecule has 0 radical (unpaired) electrons. The van der Waals surface area contributed by atoms with Crippen LogP contribution in [-0.2, 0) is 13.1 Å². The number of ether oxygens (including phenoxy) is 1. The van der Waals surface area contributed by atoms with Crippen molar-refractivity contribution in [3.05, 3.63) is 234 Å².